The molecule has 0 radical (unpaired) electrons. The second kappa shape index (κ2) is 8.31. The maximum absolute atomic E-state index is 13.8. The molecule has 5 unspecified atom stereocenters. The summed E-state index contributed by atoms with van der Waals surface area (Å²) in [4.78, 5) is 25.8. The Bertz CT molecular complexity index is 1090. The normalized spacial score (nSPS) is 46.4. The highest BCUT2D eigenvalue weighted by atomic mass is 32.2. The number of Topliss-reactive ketones (excluding diaryl/α,β-unsaturated/α-hetero) is 1. The molecule has 4 aliphatic carbocycles. The summed E-state index contributed by atoms with van der Waals surface area (Å²) in [6, 6.07) is 0. The van der Waals surface area contributed by atoms with Gasteiger partial charge in [-0.05, 0) is 56.1 Å². The van der Waals surface area contributed by atoms with Gasteiger partial charge in [0.2, 0.25) is 0 Å². The first-order valence-corrected chi connectivity index (χ1v) is 14.5. The first-order valence-electron chi connectivity index (χ1n) is 12.7. The predicted octanol–water partition coefficient (Wildman–Crippen LogP) is 2.70. The van der Waals surface area contributed by atoms with E-state index in [1.807, 2.05) is 19.9 Å². The molecule has 0 aromatic heterocycles. The van der Waals surface area contributed by atoms with Crippen LogP contribution in [0.1, 0.15) is 59.3 Å². The van der Waals surface area contributed by atoms with Gasteiger partial charge in [-0.1, -0.05) is 38.8 Å². The van der Waals surface area contributed by atoms with E-state index in [1.54, 1.807) is 12.2 Å². The molecule has 8 nitrogen and oxygen atoms in total. The van der Waals surface area contributed by atoms with Gasteiger partial charge in [0.25, 0.3) is 10.1 Å². The van der Waals surface area contributed by atoms with Crippen LogP contribution >= 0.6 is 0 Å². The summed E-state index contributed by atoms with van der Waals surface area (Å²) in [6.45, 7) is 5.50. The molecule has 5 rings (SSSR count). The van der Waals surface area contributed by atoms with E-state index in [0.29, 0.717) is 19.3 Å². The molecule has 0 aromatic rings. The molecular formula is C26H36O8S. The van der Waals surface area contributed by atoms with Crippen molar-refractivity contribution in [3.8, 4) is 0 Å². The third kappa shape index (κ3) is 3.64. The Morgan fingerprint density at radius 3 is 2.74 bits per heavy atom. The molecule has 1 N–H and O–H groups in total. The van der Waals surface area contributed by atoms with Crippen molar-refractivity contribution in [2.45, 2.75) is 83.4 Å². The Kier molecular flexibility index (Phi) is 6.00. The second-order valence-electron chi connectivity index (χ2n) is 11.5. The van der Waals surface area contributed by atoms with Crippen molar-refractivity contribution in [2.75, 3.05) is 12.9 Å². The Morgan fingerprint density at radius 1 is 1.31 bits per heavy atom. The molecule has 9 atom stereocenters. The van der Waals surface area contributed by atoms with Crippen molar-refractivity contribution >= 4 is 21.7 Å². The fraction of sp³-hybridized carbons (Fsp3) is 0.769. The third-order valence-corrected chi connectivity index (χ3v) is 10.2. The highest BCUT2D eigenvalue weighted by Gasteiger charge is 2.75. The second-order valence-corrected chi connectivity index (χ2v) is 13.2. The van der Waals surface area contributed by atoms with Gasteiger partial charge in [0.05, 0.1) is 18.5 Å². The summed E-state index contributed by atoms with van der Waals surface area (Å²) in [6.07, 6.45) is 8.33. The van der Waals surface area contributed by atoms with Crippen LogP contribution in [0.2, 0.25) is 0 Å². The molecule has 194 valence electrons. The Balaban J connectivity index is 1.53. The lowest BCUT2D eigenvalue weighted by Gasteiger charge is -2.59. The molecule has 0 spiro atoms. The highest BCUT2D eigenvalue weighted by molar-refractivity contribution is 7.86. The maximum Gasteiger partial charge on any atom is 0.264 e. The number of fused-ring (bicyclic) bond motifs is 7. The van der Waals surface area contributed by atoms with Crippen LogP contribution < -0.4 is 0 Å². The number of allylic oxidation sites excluding steroid dienone is 4. The molecular weight excluding hydrogens is 472 g/mol. The fourth-order valence-corrected chi connectivity index (χ4v) is 8.59. The van der Waals surface area contributed by atoms with Crippen LogP contribution in [0.3, 0.4) is 0 Å². The lowest BCUT2D eigenvalue weighted by molar-refractivity contribution is -0.200. The number of ketones is 2. The van der Waals surface area contributed by atoms with E-state index < -0.39 is 57.4 Å². The van der Waals surface area contributed by atoms with E-state index in [0.717, 1.165) is 31.1 Å². The molecule has 0 amide bonds. The summed E-state index contributed by atoms with van der Waals surface area (Å²) in [5.74, 6) is -0.398. The third-order valence-electron chi connectivity index (χ3n) is 9.63. The van der Waals surface area contributed by atoms with Gasteiger partial charge in [0, 0.05) is 16.7 Å². The Morgan fingerprint density at radius 2 is 2.06 bits per heavy atom. The molecule has 3 saturated carbocycles. The number of hydrogen-bond acceptors (Lipinski definition) is 8. The highest BCUT2D eigenvalue weighted by Crippen LogP contribution is 2.69. The van der Waals surface area contributed by atoms with Crippen LogP contribution in [-0.4, -0.2) is 62.1 Å². The molecule has 5 aliphatic rings. The zero-order valence-electron chi connectivity index (χ0n) is 20.9. The first-order chi connectivity index (χ1) is 16.4. The van der Waals surface area contributed by atoms with Gasteiger partial charge in [-0.2, -0.15) is 8.42 Å². The summed E-state index contributed by atoms with van der Waals surface area (Å²) in [5, 5.41) is 11.7. The van der Waals surface area contributed by atoms with Crippen molar-refractivity contribution < 1.29 is 36.8 Å². The minimum Gasteiger partial charge on any atom is -0.393 e. The SMILES string of the molecule is CCC[C@@H]1O[C@H]2CC3C4CCC5=CC(=O)C=CC5(C)C4[C@@H](O)CC3(C)[C@]2(C(=O)COS(C)(=O)=O)O1. The number of carbonyl (C=O) groups is 2. The van der Waals surface area contributed by atoms with Crippen molar-refractivity contribution in [3.63, 3.8) is 0 Å². The average molecular weight is 509 g/mol. The number of aliphatic hydroxyl groups excluding tert-OH is 1. The monoisotopic (exact) mass is 508 g/mol. The predicted molar refractivity (Wildman–Crippen MR) is 127 cm³/mol. The minimum absolute atomic E-state index is 0.0133. The zero-order valence-corrected chi connectivity index (χ0v) is 21.7. The zero-order chi connectivity index (χ0) is 25.4. The molecule has 1 aliphatic heterocycles. The van der Waals surface area contributed by atoms with Gasteiger partial charge >= 0.3 is 0 Å². The van der Waals surface area contributed by atoms with Crippen molar-refractivity contribution in [2.24, 2.45) is 28.6 Å². The van der Waals surface area contributed by atoms with Gasteiger partial charge in [-0.15, -0.1) is 0 Å². The van der Waals surface area contributed by atoms with Crippen LogP contribution in [0.15, 0.2) is 23.8 Å². The lowest BCUT2D eigenvalue weighted by Crippen LogP contribution is -2.63. The van der Waals surface area contributed by atoms with Gasteiger partial charge in [-0.25, -0.2) is 0 Å². The number of aliphatic hydroxyl groups is 1. The van der Waals surface area contributed by atoms with Gasteiger partial charge < -0.3 is 14.6 Å². The minimum atomic E-state index is -3.82. The molecule has 0 aromatic carbocycles. The fourth-order valence-electron chi connectivity index (χ4n) is 8.27. The Labute approximate surface area is 207 Å². The van der Waals surface area contributed by atoms with Gasteiger partial charge in [0.1, 0.15) is 6.61 Å². The summed E-state index contributed by atoms with van der Waals surface area (Å²) in [7, 11) is -3.82. The number of ether oxygens (including phenoxy) is 2. The standard InChI is InChI=1S/C26H36O8S/c1-5-6-22-33-21-12-18-17-8-7-15-11-16(27)9-10-24(15,2)23(17)19(28)13-25(18,3)26(21,34-22)20(29)14-32-35(4,30)31/h9-11,17-19,21-23,28H,5-8,12-14H2,1-4H3/t17?,18?,19-,21-,22+,23?,24?,25?,26+/m0/s1. The molecule has 1 saturated heterocycles. The van der Waals surface area contributed by atoms with Crippen LogP contribution in [0.25, 0.3) is 0 Å². The van der Waals surface area contributed by atoms with Gasteiger partial charge in [-0.3, -0.25) is 13.8 Å². The van der Waals surface area contributed by atoms with Crippen LogP contribution in [0.4, 0.5) is 0 Å². The topological polar surface area (TPSA) is 116 Å². The van der Waals surface area contributed by atoms with Crippen LogP contribution in [-0.2, 0) is 33.4 Å². The largest absolute Gasteiger partial charge is 0.393 e. The summed E-state index contributed by atoms with van der Waals surface area (Å²) < 4.78 is 41.1. The quantitative estimate of drug-likeness (QED) is 0.545. The summed E-state index contributed by atoms with van der Waals surface area (Å²) in [5.41, 5.74) is -1.47. The number of rotatable bonds is 6. The van der Waals surface area contributed by atoms with Crippen molar-refractivity contribution in [3.05, 3.63) is 23.8 Å². The van der Waals surface area contributed by atoms with Crippen molar-refractivity contribution in [1.82, 2.24) is 0 Å². The van der Waals surface area contributed by atoms with E-state index in [2.05, 4.69) is 6.92 Å². The van der Waals surface area contributed by atoms with E-state index in [4.69, 9.17) is 13.7 Å². The average Bonchev–Trinajstić information content (AvgIpc) is 3.24. The van der Waals surface area contributed by atoms with Crippen LogP contribution in [0, 0.1) is 28.6 Å². The number of hydrogen-bond donors (Lipinski definition) is 1. The first kappa shape index (κ1) is 25.3. The summed E-state index contributed by atoms with van der Waals surface area (Å²) >= 11 is 0. The molecule has 35 heavy (non-hydrogen) atoms. The van der Waals surface area contributed by atoms with E-state index in [9.17, 15) is 23.1 Å². The van der Waals surface area contributed by atoms with E-state index in [-0.39, 0.29) is 23.5 Å². The van der Waals surface area contributed by atoms with Crippen LogP contribution in [0.5, 0.6) is 0 Å². The van der Waals surface area contributed by atoms with Crippen molar-refractivity contribution in [1.29, 1.82) is 0 Å². The smallest absolute Gasteiger partial charge is 0.264 e. The van der Waals surface area contributed by atoms with E-state index >= 15 is 0 Å². The lowest BCUT2D eigenvalue weighted by atomic mass is 9.46. The maximum atomic E-state index is 13.8. The molecule has 1 heterocycles. The molecule has 4 fully saturated rings. The number of carbonyl (C=O) groups excluding carboxylic acids is 2. The molecule has 9 heteroatoms. The molecule has 0 bridgehead atoms. The van der Waals surface area contributed by atoms with Gasteiger partial charge in [0.15, 0.2) is 23.5 Å². The Hall–Kier alpha value is -1.39. The van der Waals surface area contributed by atoms with E-state index in [1.165, 1.54) is 0 Å².